The zero-order chi connectivity index (χ0) is 11.5. The lowest BCUT2D eigenvalue weighted by Crippen LogP contribution is -2.43. The fourth-order valence-electron chi connectivity index (χ4n) is 1.41. The van der Waals surface area contributed by atoms with E-state index in [1.807, 2.05) is 0 Å². The van der Waals surface area contributed by atoms with Crippen LogP contribution in [-0.2, 0) is 23.8 Å². The largest absolute Gasteiger partial charge is 0.498 e. The molecule has 1 heterocycles. The van der Waals surface area contributed by atoms with Crippen LogP contribution in [0.5, 0.6) is 0 Å². The van der Waals surface area contributed by atoms with Crippen molar-refractivity contribution in [1.29, 1.82) is 0 Å². The van der Waals surface area contributed by atoms with Crippen molar-refractivity contribution in [2.75, 3.05) is 13.7 Å². The van der Waals surface area contributed by atoms with E-state index in [1.54, 1.807) is 6.92 Å². The Kier molecular flexibility index (Phi) is 3.34. The number of carbonyl (C=O) groups excluding carboxylic acids is 2. The topological polar surface area (TPSA) is 61.8 Å². The van der Waals surface area contributed by atoms with Crippen LogP contribution >= 0.6 is 0 Å². The van der Waals surface area contributed by atoms with Gasteiger partial charge in [-0.3, -0.25) is 0 Å². The van der Waals surface area contributed by atoms with E-state index in [1.165, 1.54) is 20.1 Å². The maximum Gasteiger partial charge on any atom is 0.350 e. The average molecular weight is 214 g/mol. The van der Waals surface area contributed by atoms with Crippen LogP contribution in [0.1, 0.15) is 20.3 Å². The summed E-state index contributed by atoms with van der Waals surface area (Å²) in [7, 11) is 1.25. The SMILES string of the molecule is CCOC1=CC(=O)O[C@](C)(C(=O)OC)C1. The molecule has 0 amide bonds. The first-order valence-electron chi connectivity index (χ1n) is 4.66. The summed E-state index contributed by atoms with van der Waals surface area (Å²) in [5.41, 5.74) is -1.27. The Balaban J connectivity index is 2.85. The van der Waals surface area contributed by atoms with Gasteiger partial charge in [0.15, 0.2) is 0 Å². The molecule has 0 saturated heterocycles. The van der Waals surface area contributed by atoms with E-state index in [-0.39, 0.29) is 6.42 Å². The van der Waals surface area contributed by atoms with Crippen LogP contribution < -0.4 is 0 Å². The lowest BCUT2D eigenvalue weighted by atomic mass is 9.98. The molecular formula is C10H14O5. The highest BCUT2D eigenvalue weighted by molar-refractivity contribution is 5.90. The molecule has 0 bridgehead atoms. The van der Waals surface area contributed by atoms with Gasteiger partial charge in [0.05, 0.1) is 26.2 Å². The van der Waals surface area contributed by atoms with Crippen molar-refractivity contribution in [2.45, 2.75) is 25.9 Å². The van der Waals surface area contributed by atoms with Crippen molar-refractivity contribution >= 4 is 11.9 Å². The van der Waals surface area contributed by atoms with Crippen LogP contribution in [0.3, 0.4) is 0 Å². The second kappa shape index (κ2) is 4.33. The van der Waals surface area contributed by atoms with E-state index >= 15 is 0 Å². The van der Waals surface area contributed by atoms with Crippen molar-refractivity contribution in [2.24, 2.45) is 0 Å². The first-order chi connectivity index (χ1) is 7.01. The van der Waals surface area contributed by atoms with E-state index < -0.39 is 17.5 Å². The van der Waals surface area contributed by atoms with E-state index in [9.17, 15) is 9.59 Å². The molecule has 0 saturated carbocycles. The first-order valence-corrected chi connectivity index (χ1v) is 4.66. The molecule has 0 aromatic rings. The molecule has 0 unspecified atom stereocenters. The van der Waals surface area contributed by atoms with Crippen molar-refractivity contribution in [3.8, 4) is 0 Å². The number of ether oxygens (including phenoxy) is 3. The monoisotopic (exact) mass is 214 g/mol. The summed E-state index contributed by atoms with van der Waals surface area (Å²) < 4.78 is 14.7. The zero-order valence-electron chi connectivity index (χ0n) is 9.03. The highest BCUT2D eigenvalue weighted by atomic mass is 16.6. The maximum atomic E-state index is 11.4. The van der Waals surface area contributed by atoms with Crippen molar-refractivity contribution < 1.29 is 23.8 Å². The summed E-state index contributed by atoms with van der Waals surface area (Å²) in [6.45, 7) is 3.75. The summed E-state index contributed by atoms with van der Waals surface area (Å²) in [5.74, 6) is -0.722. The van der Waals surface area contributed by atoms with Gasteiger partial charge in [-0.1, -0.05) is 0 Å². The normalized spacial score (nSPS) is 25.3. The van der Waals surface area contributed by atoms with Gasteiger partial charge in [-0.05, 0) is 13.8 Å². The molecule has 0 fully saturated rings. The van der Waals surface area contributed by atoms with Crippen LogP contribution in [-0.4, -0.2) is 31.3 Å². The third-order valence-electron chi connectivity index (χ3n) is 2.06. The zero-order valence-corrected chi connectivity index (χ0v) is 9.03. The average Bonchev–Trinajstić information content (AvgIpc) is 2.15. The standard InChI is InChI=1S/C10H14O5/c1-4-14-7-5-8(11)15-10(2,6-7)9(12)13-3/h5H,4,6H2,1-3H3/t10-/m0/s1. The Labute approximate surface area is 88.0 Å². The summed E-state index contributed by atoms with van der Waals surface area (Å²) >= 11 is 0. The molecule has 0 aromatic heterocycles. The molecule has 0 N–H and O–H groups in total. The lowest BCUT2D eigenvalue weighted by molar-refractivity contribution is -0.178. The fourth-order valence-corrected chi connectivity index (χ4v) is 1.41. The molecule has 1 aliphatic heterocycles. The van der Waals surface area contributed by atoms with E-state index in [4.69, 9.17) is 9.47 Å². The first kappa shape index (κ1) is 11.6. The summed E-state index contributed by atoms with van der Waals surface area (Å²) in [5, 5.41) is 0. The summed E-state index contributed by atoms with van der Waals surface area (Å²) in [6, 6.07) is 0. The minimum absolute atomic E-state index is 0.208. The Morgan fingerprint density at radius 1 is 1.67 bits per heavy atom. The van der Waals surface area contributed by atoms with Crippen LogP contribution in [0.15, 0.2) is 11.8 Å². The molecular weight excluding hydrogens is 200 g/mol. The van der Waals surface area contributed by atoms with Gasteiger partial charge in [-0.25, -0.2) is 9.59 Å². The van der Waals surface area contributed by atoms with Gasteiger partial charge in [-0.15, -0.1) is 0 Å². The molecule has 0 radical (unpaired) electrons. The molecule has 1 atom stereocenters. The molecule has 5 heteroatoms. The van der Waals surface area contributed by atoms with Gasteiger partial charge in [-0.2, -0.15) is 0 Å². The second-order valence-corrected chi connectivity index (χ2v) is 3.36. The number of carbonyl (C=O) groups is 2. The molecule has 1 rings (SSSR count). The Bertz CT molecular complexity index is 307. The highest BCUT2D eigenvalue weighted by Crippen LogP contribution is 2.27. The van der Waals surface area contributed by atoms with Crippen molar-refractivity contribution in [3.63, 3.8) is 0 Å². The van der Waals surface area contributed by atoms with Gasteiger partial charge in [0.2, 0.25) is 5.60 Å². The Hall–Kier alpha value is -1.52. The molecule has 15 heavy (non-hydrogen) atoms. The van der Waals surface area contributed by atoms with Crippen molar-refractivity contribution in [3.05, 3.63) is 11.8 Å². The summed E-state index contributed by atoms with van der Waals surface area (Å²) in [6.07, 6.45) is 1.45. The quantitative estimate of drug-likeness (QED) is 0.650. The van der Waals surface area contributed by atoms with Crippen LogP contribution in [0.2, 0.25) is 0 Å². The number of methoxy groups -OCH3 is 1. The molecule has 0 spiro atoms. The Morgan fingerprint density at radius 3 is 2.87 bits per heavy atom. The predicted octanol–water partition coefficient (Wildman–Crippen LogP) is 0.785. The smallest absolute Gasteiger partial charge is 0.350 e. The number of rotatable bonds is 3. The maximum absolute atomic E-state index is 11.4. The predicted molar refractivity (Wildman–Crippen MR) is 50.8 cm³/mol. The van der Waals surface area contributed by atoms with Gasteiger partial charge in [0, 0.05) is 0 Å². The number of esters is 2. The summed E-state index contributed by atoms with van der Waals surface area (Å²) in [4.78, 5) is 22.6. The van der Waals surface area contributed by atoms with Gasteiger partial charge in [0.1, 0.15) is 5.76 Å². The second-order valence-electron chi connectivity index (χ2n) is 3.36. The Morgan fingerprint density at radius 2 is 2.33 bits per heavy atom. The third-order valence-corrected chi connectivity index (χ3v) is 2.06. The molecule has 84 valence electrons. The van der Waals surface area contributed by atoms with Crippen LogP contribution in [0, 0.1) is 0 Å². The van der Waals surface area contributed by atoms with Crippen LogP contribution in [0.4, 0.5) is 0 Å². The molecule has 0 aromatic carbocycles. The third kappa shape index (κ3) is 2.49. The molecule has 1 aliphatic rings. The van der Waals surface area contributed by atoms with Crippen molar-refractivity contribution in [1.82, 2.24) is 0 Å². The van der Waals surface area contributed by atoms with Crippen LogP contribution in [0.25, 0.3) is 0 Å². The minimum atomic E-state index is -1.27. The van der Waals surface area contributed by atoms with Gasteiger partial charge >= 0.3 is 11.9 Å². The van der Waals surface area contributed by atoms with Gasteiger partial charge in [0.25, 0.3) is 0 Å². The lowest BCUT2D eigenvalue weighted by Gasteiger charge is -2.30. The molecule has 5 nitrogen and oxygen atoms in total. The van der Waals surface area contributed by atoms with E-state index in [2.05, 4.69) is 4.74 Å². The number of hydrogen-bond acceptors (Lipinski definition) is 5. The number of hydrogen-bond donors (Lipinski definition) is 0. The number of cyclic esters (lactones) is 1. The highest BCUT2D eigenvalue weighted by Gasteiger charge is 2.42. The molecule has 0 aliphatic carbocycles. The van der Waals surface area contributed by atoms with E-state index in [0.717, 1.165) is 0 Å². The minimum Gasteiger partial charge on any atom is -0.498 e. The fraction of sp³-hybridized carbons (Fsp3) is 0.600. The van der Waals surface area contributed by atoms with Gasteiger partial charge < -0.3 is 14.2 Å². The van der Waals surface area contributed by atoms with E-state index in [0.29, 0.717) is 12.4 Å².